The van der Waals surface area contributed by atoms with Gasteiger partial charge in [-0.25, -0.2) is 4.99 Å². The molecule has 1 heterocycles. The third-order valence-electron chi connectivity index (χ3n) is 5.35. The maximum absolute atomic E-state index is 12.4. The highest BCUT2D eigenvalue weighted by molar-refractivity contribution is 8.16. The van der Waals surface area contributed by atoms with Crippen LogP contribution in [0.5, 0.6) is 0 Å². The third-order valence-corrected chi connectivity index (χ3v) is 6.76. The van der Waals surface area contributed by atoms with Crippen LogP contribution >= 0.6 is 11.8 Å². The van der Waals surface area contributed by atoms with E-state index in [9.17, 15) is 9.90 Å². The fraction of sp³-hybridized carbons (Fsp3) is 0.765. The van der Waals surface area contributed by atoms with Gasteiger partial charge in [-0.15, -0.1) is 6.58 Å². The predicted octanol–water partition coefficient (Wildman–Crippen LogP) is 3.57. The fourth-order valence-corrected chi connectivity index (χ4v) is 5.99. The minimum Gasteiger partial charge on any atom is -0.396 e. The van der Waals surface area contributed by atoms with E-state index in [4.69, 9.17) is 0 Å². The Bertz CT molecular complexity index is 487. The molecule has 3 aliphatic rings. The van der Waals surface area contributed by atoms with Crippen molar-refractivity contribution in [3.8, 4) is 0 Å². The first-order valence-corrected chi connectivity index (χ1v) is 8.90. The monoisotopic (exact) mass is 307 g/mol. The van der Waals surface area contributed by atoms with Gasteiger partial charge in [0.2, 0.25) is 0 Å². The van der Waals surface area contributed by atoms with E-state index in [1.165, 1.54) is 25.7 Å². The number of nitrogens with zero attached hydrogens (tertiary/aromatic N) is 1. The van der Waals surface area contributed by atoms with Gasteiger partial charge < -0.3 is 5.11 Å². The fourth-order valence-electron chi connectivity index (χ4n) is 4.47. The molecule has 0 radical (unpaired) electrons. The Morgan fingerprint density at radius 2 is 2.29 bits per heavy atom. The molecular weight excluding hydrogens is 282 g/mol. The molecule has 3 nitrogen and oxygen atoms in total. The van der Waals surface area contributed by atoms with Crippen molar-refractivity contribution < 1.29 is 9.90 Å². The summed E-state index contributed by atoms with van der Waals surface area (Å²) in [5.41, 5.74) is 0.987. The number of hydrogen-bond acceptors (Lipinski definition) is 3. The summed E-state index contributed by atoms with van der Waals surface area (Å²) < 4.78 is -0.576. The highest BCUT2D eigenvalue weighted by atomic mass is 32.2. The van der Waals surface area contributed by atoms with Crippen LogP contribution < -0.4 is 0 Å². The Balaban J connectivity index is 1.67. The molecule has 0 spiro atoms. The van der Waals surface area contributed by atoms with Crippen LogP contribution in [0.4, 0.5) is 0 Å². The molecule has 1 unspecified atom stereocenters. The second kappa shape index (κ2) is 5.88. The Kier molecular flexibility index (Phi) is 4.28. The van der Waals surface area contributed by atoms with E-state index in [1.807, 2.05) is 6.92 Å². The summed E-state index contributed by atoms with van der Waals surface area (Å²) in [6.07, 6.45) is 7.57. The summed E-state index contributed by atoms with van der Waals surface area (Å²) in [7, 11) is 0. The number of allylic oxidation sites excluding steroid dienone is 1. The van der Waals surface area contributed by atoms with Crippen LogP contribution in [-0.2, 0) is 4.79 Å². The maximum Gasteiger partial charge on any atom is 0.263 e. The average Bonchev–Trinajstić information content (AvgIpc) is 3.06. The van der Waals surface area contributed by atoms with Gasteiger partial charge in [0.05, 0.1) is 5.04 Å². The average molecular weight is 307 g/mol. The molecule has 2 fully saturated rings. The van der Waals surface area contributed by atoms with E-state index in [0.717, 1.165) is 34.8 Å². The van der Waals surface area contributed by atoms with E-state index >= 15 is 0 Å². The van der Waals surface area contributed by atoms with Gasteiger partial charge in [0, 0.05) is 6.61 Å². The molecule has 1 amide bonds. The van der Waals surface area contributed by atoms with Gasteiger partial charge in [-0.05, 0) is 63.2 Å². The van der Waals surface area contributed by atoms with Crippen LogP contribution in [0.25, 0.3) is 0 Å². The summed E-state index contributed by atoms with van der Waals surface area (Å²) in [6, 6.07) is 0. The van der Waals surface area contributed by atoms with Crippen molar-refractivity contribution in [1.29, 1.82) is 0 Å². The minimum atomic E-state index is -0.576. The molecule has 2 saturated carbocycles. The molecule has 0 aromatic heterocycles. The number of carbonyl (C=O) groups is 1. The molecule has 0 saturated heterocycles. The van der Waals surface area contributed by atoms with Crippen molar-refractivity contribution in [2.45, 2.75) is 56.6 Å². The van der Waals surface area contributed by atoms with Crippen molar-refractivity contribution in [2.24, 2.45) is 22.7 Å². The predicted molar refractivity (Wildman–Crippen MR) is 87.5 cm³/mol. The number of aliphatic hydroxyl groups is 1. The number of hydrogen-bond donors (Lipinski definition) is 1. The summed E-state index contributed by atoms with van der Waals surface area (Å²) in [5.74, 6) is 2.47. The lowest BCUT2D eigenvalue weighted by Crippen LogP contribution is -2.32. The maximum atomic E-state index is 12.4. The van der Waals surface area contributed by atoms with Crippen molar-refractivity contribution in [1.82, 2.24) is 0 Å². The van der Waals surface area contributed by atoms with Gasteiger partial charge in [-0.3, -0.25) is 4.79 Å². The van der Waals surface area contributed by atoms with E-state index in [0.29, 0.717) is 12.8 Å². The molecular formula is C17H25NO2S. The van der Waals surface area contributed by atoms with Crippen LogP contribution in [0.1, 0.15) is 51.9 Å². The van der Waals surface area contributed by atoms with E-state index in [1.54, 1.807) is 11.8 Å². The molecule has 1 N–H and O–H groups in total. The standard InChI is InChI=1S/C17H25NO2S/c1-11(2)10-17(5-6-19)16(20)18-15(21-17)9-14-8-12-3-4-13(14)7-12/h12-14,19H,1,3-10H2,2H3/t12-,13+,14-,17?/m1/s1. The van der Waals surface area contributed by atoms with Crippen LogP contribution in [-0.4, -0.2) is 27.4 Å². The van der Waals surface area contributed by atoms with E-state index < -0.39 is 4.75 Å². The molecule has 3 rings (SSSR count). The van der Waals surface area contributed by atoms with Crippen molar-refractivity contribution in [3.05, 3.63) is 12.2 Å². The lowest BCUT2D eigenvalue weighted by molar-refractivity contribution is -0.120. The minimum absolute atomic E-state index is 0.0307. The van der Waals surface area contributed by atoms with E-state index in [-0.39, 0.29) is 12.5 Å². The molecule has 2 aliphatic carbocycles. The summed E-state index contributed by atoms with van der Waals surface area (Å²) >= 11 is 1.61. The second-order valence-corrected chi connectivity index (χ2v) is 8.61. The lowest BCUT2D eigenvalue weighted by atomic mass is 9.87. The van der Waals surface area contributed by atoms with Gasteiger partial charge in [-0.2, -0.15) is 0 Å². The quantitative estimate of drug-likeness (QED) is 0.763. The topological polar surface area (TPSA) is 49.7 Å². The third kappa shape index (κ3) is 2.98. The largest absolute Gasteiger partial charge is 0.396 e. The Labute approximate surface area is 131 Å². The molecule has 116 valence electrons. The van der Waals surface area contributed by atoms with Gasteiger partial charge in [0.15, 0.2) is 0 Å². The number of aliphatic imine (C=N–C) groups is 1. The first-order chi connectivity index (χ1) is 10.0. The smallest absolute Gasteiger partial charge is 0.263 e. The zero-order valence-electron chi connectivity index (χ0n) is 12.8. The molecule has 4 heteroatoms. The van der Waals surface area contributed by atoms with Gasteiger partial charge in [0.25, 0.3) is 5.91 Å². The number of carbonyl (C=O) groups excluding carboxylic acids is 1. The zero-order chi connectivity index (χ0) is 15.0. The molecule has 0 aromatic carbocycles. The van der Waals surface area contributed by atoms with Crippen LogP contribution in [0.3, 0.4) is 0 Å². The van der Waals surface area contributed by atoms with Crippen molar-refractivity contribution in [2.75, 3.05) is 6.61 Å². The zero-order valence-corrected chi connectivity index (χ0v) is 13.6. The Morgan fingerprint density at radius 3 is 2.86 bits per heavy atom. The van der Waals surface area contributed by atoms with E-state index in [2.05, 4.69) is 11.6 Å². The first kappa shape index (κ1) is 15.3. The number of thioether (sulfide) groups is 1. The van der Waals surface area contributed by atoms with Crippen LogP contribution in [0.2, 0.25) is 0 Å². The van der Waals surface area contributed by atoms with Crippen molar-refractivity contribution in [3.63, 3.8) is 0 Å². The molecule has 4 atom stereocenters. The highest BCUT2D eigenvalue weighted by Gasteiger charge is 2.46. The highest BCUT2D eigenvalue weighted by Crippen LogP contribution is 2.51. The normalized spacial score (nSPS) is 38.1. The van der Waals surface area contributed by atoms with Crippen molar-refractivity contribution >= 4 is 22.7 Å². The number of aliphatic hydroxyl groups excluding tert-OH is 1. The van der Waals surface area contributed by atoms with Gasteiger partial charge >= 0.3 is 0 Å². The van der Waals surface area contributed by atoms with Crippen LogP contribution in [0, 0.1) is 17.8 Å². The van der Waals surface area contributed by atoms with Gasteiger partial charge in [-0.1, -0.05) is 23.8 Å². The molecule has 1 aliphatic heterocycles. The summed E-state index contributed by atoms with van der Waals surface area (Å²) in [4.78, 5) is 16.8. The number of rotatable bonds is 6. The first-order valence-electron chi connectivity index (χ1n) is 8.08. The number of amides is 1. The SMILES string of the molecule is C=C(C)CC1(CCO)SC(C[C@H]2C[C@@H]3CC[C@H]2C3)=NC1=O. The molecule has 21 heavy (non-hydrogen) atoms. The van der Waals surface area contributed by atoms with Crippen LogP contribution in [0.15, 0.2) is 17.1 Å². The Hall–Kier alpha value is -0.610. The molecule has 0 aromatic rings. The summed E-state index contributed by atoms with van der Waals surface area (Å²) in [6.45, 7) is 5.92. The molecule has 2 bridgehead atoms. The summed E-state index contributed by atoms with van der Waals surface area (Å²) in [5, 5.41) is 10.3. The van der Waals surface area contributed by atoms with Gasteiger partial charge in [0.1, 0.15) is 4.75 Å². The number of fused-ring (bicyclic) bond motifs is 2. The Morgan fingerprint density at radius 1 is 1.48 bits per heavy atom. The lowest BCUT2D eigenvalue weighted by Gasteiger charge is -2.26. The second-order valence-electron chi connectivity index (χ2n) is 7.15.